The number of nitrogens with zero attached hydrogens (tertiary/aromatic N) is 1. The van der Waals surface area contributed by atoms with E-state index in [1.165, 1.54) is 6.20 Å². The Morgan fingerprint density at radius 1 is 1.55 bits per heavy atom. The molecule has 3 nitrogen and oxygen atoms in total. The molecule has 11 heavy (non-hydrogen) atoms. The molecule has 0 N–H and O–H groups in total. The zero-order chi connectivity index (χ0) is 7.84. The number of hydrogen-bond donors (Lipinski definition) is 0. The maximum absolute atomic E-state index is 11.0. The van der Waals surface area contributed by atoms with Crippen LogP contribution in [0.4, 0.5) is 0 Å². The van der Waals surface area contributed by atoms with E-state index in [4.69, 9.17) is 0 Å². The molecular weight excluding hydrogens is 161 g/mol. The van der Waals surface area contributed by atoms with Gasteiger partial charge in [0.2, 0.25) is 5.52 Å². The van der Waals surface area contributed by atoms with Gasteiger partial charge >= 0.3 is 0 Å². The van der Waals surface area contributed by atoms with E-state index in [9.17, 15) is 9.90 Å². The van der Waals surface area contributed by atoms with Gasteiger partial charge in [-0.25, -0.2) is 0 Å². The summed E-state index contributed by atoms with van der Waals surface area (Å²) in [5.41, 5.74) is 0.446. The Labute approximate surface area is 64.5 Å². The minimum Gasteiger partial charge on any atom is -0.823 e. The van der Waals surface area contributed by atoms with Gasteiger partial charge in [-0.3, -0.25) is 9.78 Å². The zero-order valence-electron chi connectivity index (χ0n) is 5.44. The Morgan fingerprint density at radius 3 is 3.09 bits per heavy atom. The molecule has 0 saturated carbocycles. The number of carbonyl (C=O) groups is 1. The molecule has 0 spiro atoms. The lowest BCUT2D eigenvalue weighted by atomic mass is 10.2. The van der Waals surface area contributed by atoms with Crippen molar-refractivity contribution in [2.75, 3.05) is 0 Å². The zero-order valence-corrected chi connectivity index (χ0v) is 6.34. The van der Waals surface area contributed by atoms with Crippen LogP contribution >= 0.6 is 8.20 Å². The highest BCUT2D eigenvalue weighted by Gasteiger charge is 2.15. The van der Waals surface area contributed by atoms with Crippen molar-refractivity contribution in [2.24, 2.45) is 0 Å². The van der Waals surface area contributed by atoms with Gasteiger partial charge in [-0.1, -0.05) is 11.5 Å². The van der Waals surface area contributed by atoms with Crippen molar-refractivity contribution in [3.8, 4) is 0 Å². The van der Waals surface area contributed by atoms with E-state index in [-0.39, 0.29) is 19.2 Å². The lowest BCUT2D eigenvalue weighted by Gasteiger charge is -2.04. The molecule has 0 saturated heterocycles. The Hall–Kier alpha value is -1.05. The lowest BCUT2D eigenvalue weighted by Crippen LogP contribution is -2.14. The van der Waals surface area contributed by atoms with Crippen molar-refractivity contribution in [1.29, 1.82) is 0 Å². The summed E-state index contributed by atoms with van der Waals surface area (Å²) in [5.74, 6) is 0. The van der Waals surface area contributed by atoms with Crippen molar-refractivity contribution in [3.63, 3.8) is 0 Å². The van der Waals surface area contributed by atoms with Gasteiger partial charge in [0, 0.05) is 6.20 Å². The molecule has 1 aliphatic heterocycles. The quantitative estimate of drug-likeness (QED) is 0.508. The number of pyridine rings is 1. The highest BCUT2D eigenvalue weighted by Crippen LogP contribution is 2.22. The van der Waals surface area contributed by atoms with E-state index in [1.807, 2.05) is 0 Å². The van der Waals surface area contributed by atoms with Crippen molar-refractivity contribution in [2.45, 2.75) is 0 Å². The number of fused-ring (bicyclic) bond motifs is 1. The average molecular weight is 164 g/mol. The van der Waals surface area contributed by atoms with E-state index in [0.29, 0.717) is 11.3 Å². The summed E-state index contributed by atoms with van der Waals surface area (Å²) in [6.45, 7) is 0. The van der Waals surface area contributed by atoms with Gasteiger partial charge in [0.25, 0.3) is 0 Å². The van der Waals surface area contributed by atoms with Gasteiger partial charge in [-0.2, -0.15) is 0 Å². The molecule has 0 aromatic carbocycles. The van der Waals surface area contributed by atoms with Gasteiger partial charge in [-0.15, -0.1) is 0 Å². The summed E-state index contributed by atoms with van der Waals surface area (Å²) in [6, 6.07) is 3.29. The maximum atomic E-state index is 11.0. The third-order valence-corrected chi connectivity index (χ3v) is 2.30. The maximum Gasteiger partial charge on any atom is 0.229 e. The molecule has 0 atom stereocenters. The summed E-state index contributed by atoms with van der Waals surface area (Å²) in [6.07, 6.45) is 1.52. The number of carbonyl (C=O) groups excluding carboxylic acids is 1. The van der Waals surface area contributed by atoms with Crippen LogP contribution in [0.15, 0.2) is 18.3 Å². The van der Waals surface area contributed by atoms with Crippen LogP contribution in [-0.2, 0) is 0 Å². The largest absolute Gasteiger partial charge is 0.823 e. The molecule has 0 radical (unpaired) electrons. The Balaban J connectivity index is 2.71. The van der Waals surface area contributed by atoms with Crippen LogP contribution in [0, 0.1) is 0 Å². The van der Waals surface area contributed by atoms with E-state index in [0.717, 1.165) is 0 Å². The summed E-state index contributed by atoms with van der Waals surface area (Å²) in [4.78, 5) is 14.8. The van der Waals surface area contributed by atoms with Gasteiger partial charge in [0.05, 0.1) is 0 Å². The van der Waals surface area contributed by atoms with E-state index in [2.05, 4.69) is 4.98 Å². The third kappa shape index (κ3) is 0.897. The molecule has 0 fully saturated rings. The van der Waals surface area contributed by atoms with Crippen LogP contribution in [0.2, 0.25) is 0 Å². The molecule has 2 heterocycles. The Kier molecular flexibility index (Phi) is 1.34. The molecule has 1 aromatic rings. The van der Waals surface area contributed by atoms with Crippen molar-refractivity contribution < 1.29 is 9.90 Å². The highest BCUT2D eigenvalue weighted by molar-refractivity contribution is 7.61. The topological polar surface area (TPSA) is 53.0 Å². The van der Waals surface area contributed by atoms with Crippen LogP contribution in [0.5, 0.6) is 0 Å². The summed E-state index contributed by atoms with van der Waals surface area (Å²) in [7, 11) is 0.231. The third-order valence-electron chi connectivity index (χ3n) is 1.44. The molecular formula is C7H3NO2P-. The smallest absolute Gasteiger partial charge is 0.229 e. The fraction of sp³-hybridized carbons (Fsp3) is 0. The Morgan fingerprint density at radius 2 is 2.36 bits per heavy atom. The van der Waals surface area contributed by atoms with Crippen molar-refractivity contribution >= 4 is 19.2 Å². The summed E-state index contributed by atoms with van der Waals surface area (Å²) < 4.78 is 0. The minimum absolute atomic E-state index is 0.141. The molecule has 0 bridgehead atoms. The average Bonchev–Trinajstić information content (AvgIpc) is 2.30. The van der Waals surface area contributed by atoms with Crippen molar-refractivity contribution in [3.05, 3.63) is 29.6 Å². The highest BCUT2D eigenvalue weighted by atomic mass is 31.1. The van der Waals surface area contributed by atoms with Crippen molar-refractivity contribution in [1.82, 2.24) is 4.98 Å². The predicted molar refractivity (Wildman–Crippen MR) is 39.6 cm³/mol. The van der Waals surface area contributed by atoms with Crippen LogP contribution in [0.1, 0.15) is 16.1 Å². The monoisotopic (exact) mass is 164 g/mol. The molecule has 4 heteroatoms. The second kappa shape index (κ2) is 2.22. The summed E-state index contributed by atoms with van der Waals surface area (Å²) >= 11 is 0. The molecule has 0 aliphatic carbocycles. The van der Waals surface area contributed by atoms with E-state index in [1.54, 1.807) is 12.1 Å². The van der Waals surface area contributed by atoms with Gasteiger partial charge in [0.1, 0.15) is 5.69 Å². The van der Waals surface area contributed by atoms with Crippen LogP contribution in [0.3, 0.4) is 0 Å². The second-order valence-corrected chi connectivity index (χ2v) is 3.16. The molecule has 1 aliphatic rings. The van der Waals surface area contributed by atoms with Gasteiger partial charge in [-0.05, 0) is 19.8 Å². The van der Waals surface area contributed by atoms with Gasteiger partial charge in [0.15, 0.2) is 0 Å². The molecule has 1 aromatic heterocycles. The first-order valence-corrected chi connectivity index (χ1v) is 3.94. The van der Waals surface area contributed by atoms with Crippen LogP contribution in [-0.4, -0.2) is 16.0 Å². The molecule has 2 rings (SSSR count). The van der Waals surface area contributed by atoms with Crippen LogP contribution in [0.25, 0.3) is 0 Å². The number of aromatic nitrogens is 1. The normalized spacial score (nSPS) is 16.1. The first kappa shape index (κ1) is 6.65. The number of rotatable bonds is 0. The predicted octanol–water partition coefficient (Wildman–Crippen LogP) is 0.0199. The molecule has 0 unspecified atom stereocenters. The fourth-order valence-corrected chi connectivity index (χ4v) is 1.72. The molecule has 54 valence electrons. The van der Waals surface area contributed by atoms with E-state index >= 15 is 0 Å². The SMILES string of the molecule is O=C1P=C([O-])c2cccnc21. The second-order valence-electron chi connectivity index (χ2n) is 2.12. The first-order chi connectivity index (χ1) is 5.29. The minimum atomic E-state index is -0.189. The Bertz CT molecular complexity index is 359. The molecule has 0 amide bonds. The lowest BCUT2D eigenvalue weighted by molar-refractivity contribution is -0.206. The van der Waals surface area contributed by atoms with E-state index < -0.39 is 0 Å². The standard InChI is InChI=1S/C7H4NO2P/c9-6-4-2-1-3-8-5(4)7(10)11-6/h1-3,9H/p-1. The fourth-order valence-electron chi connectivity index (χ4n) is 0.954. The van der Waals surface area contributed by atoms with Crippen LogP contribution < -0.4 is 5.11 Å². The summed E-state index contributed by atoms with van der Waals surface area (Å²) in [5, 5.41) is 11.0. The van der Waals surface area contributed by atoms with Gasteiger partial charge < -0.3 is 5.11 Å². The number of hydrogen-bond acceptors (Lipinski definition) is 3. The first-order valence-electron chi connectivity index (χ1n) is 3.04.